The fraction of sp³-hybridized carbons (Fsp3) is 0.350. The van der Waals surface area contributed by atoms with E-state index in [9.17, 15) is 13.2 Å². The van der Waals surface area contributed by atoms with Gasteiger partial charge in [0.25, 0.3) is 5.91 Å². The lowest BCUT2D eigenvalue weighted by molar-refractivity contribution is 0.0923. The van der Waals surface area contributed by atoms with Gasteiger partial charge >= 0.3 is 0 Å². The summed E-state index contributed by atoms with van der Waals surface area (Å²) in [6, 6.07) is 14.4. The number of benzene rings is 2. The van der Waals surface area contributed by atoms with Gasteiger partial charge in [-0.1, -0.05) is 36.4 Å². The number of piperidine rings is 1. The fourth-order valence-electron chi connectivity index (χ4n) is 3.30. The number of sulfonamides is 1. The minimum Gasteiger partial charge on any atom is -0.399 e. The van der Waals surface area contributed by atoms with Gasteiger partial charge in [0.2, 0.25) is 10.0 Å². The minimum absolute atomic E-state index is 0. The van der Waals surface area contributed by atoms with Crippen molar-refractivity contribution in [3.63, 3.8) is 0 Å². The van der Waals surface area contributed by atoms with Crippen LogP contribution >= 0.6 is 12.4 Å². The standard InChI is InChI=1S/C20H25N3O3S.ClH/c1-15-7-8-17(21)13-19(15)20(24)22-18-9-11-23(12-10-18)27(25,26)14-16-5-3-2-4-6-16;/h2-8,13,18H,9-12,14,21H2,1H3,(H,22,24);1H. The number of hydrogen-bond donors (Lipinski definition) is 2. The van der Waals surface area contributed by atoms with Gasteiger partial charge in [-0.3, -0.25) is 4.79 Å². The summed E-state index contributed by atoms with van der Waals surface area (Å²) in [5, 5.41) is 3.01. The maximum atomic E-state index is 12.6. The number of hydrogen-bond acceptors (Lipinski definition) is 4. The average Bonchev–Trinajstić information content (AvgIpc) is 2.64. The predicted molar refractivity (Wildman–Crippen MR) is 114 cm³/mol. The Balaban J connectivity index is 0.00000280. The van der Waals surface area contributed by atoms with Crippen LogP contribution in [0.15, 0.2) is 48.5 Å². The van der Waals surface area contributed by atoms with Crippen molar-refractivity contribution in [1.82, 2.24) is 9.62 Å². The lowest BCUT2D eigenvalue weighted by atomic mass is 10.0. The number of nitrogens with two attached hydrogens (primary N) is 1. The molecular formula is C20H26ClN3O3S. The molecule has 152 valence electrons. The van der Waals surface area contributed by atoms with Crippen LogP contribution in [0.4, 0.5) is 5.69 Å². The molecule has 3 rings (SSSR count). The molecule has 2 aromatic carbocycles. The van der Waals surface area contributed by atoms with Crippen LogP contribution in [0.2, 0.25) is 0 Å². The number of nitrogen functional groups attached to an aromatic ring is 1. The summed E-state index contributed by atoms with van der Waals surface area (Å²) in [4.78, 5) is 12.5. The molecule has 0 aromatic heterocycles. The summed E-state index contributed by atoms with van der Waals surface area (Å²) < 4.78 is 26.7. The quantitative estimate of drug-likeness (QED) is 0.723. The van der Waals surface area contributed by atoms with Crippen LogP contribution in [0.5, 0.6) is 0 Å². The Hall–Kier alpha value is -2.09. The van der Waals surface area contributed by atoms with Crippen molar-refractivity contribution in [2.75, 3.05) is 18.8 Å². The Kier molecular flexibility index (Phi) is 7.46. The number of halogens is 1. The number of nitrogens with zero attached hydrogens (tertiary/aromatic N) is 1. The molecule has 0 bridgehead atoms. The van der Waals surface area contributed by atoms with Crippen LogP contribution in [0, 0.1) is 6.92 Å². The highest BCUT2D eigenvalue weighted by molar-refractivity contribution is 7.88. The third kappa shape index (κ3) is 5.47. The molecule has 0 spiro atoms. The first-order valence-electron chi connectivity index (χ1n) is 9.04. The van der Waals surface area contributed by atoms with Crippen LogP contribution in [0.1, 0.15) is 34.3 Å². The average molecular weight is 424 g/mol. The van der Waals surface area contributed by atoms with E-state index in [1.165, 1.54) is 4.31 Å². The monoisotopic (exact) mass is 423 g/mol. The van der Waals surface area contributed by atoms with Crippen molar-refractivity contribution in [3.8, 4) is 0 Å². The van der Waals surface area contributed by atoms with Crippen molar-refractivity contribution in [3.05, 3.63) is 65.2 Å². The highest BCUT2D eigenvalue weighted by Gasteiger charge is 2.29. The lowest BCUT2D eigenvalue weighted by Gasteiger charge is -2.31. The highest BCUT2D eigenvalue weighted by Crippen LogP contribution is 2.19. The summed E-state index contributed by atoms with van der Waals surface area (Å²) in [5.74, 6) is -0.154. The third-order valence-corrected chi connectivity index (χ3v) is 6.73. The Labute approximate surface area is 172 Å². The molecule has 8 heteroatoms. The maximum Gasteiger partial charge on any atom is 0.251 e. The van der Waals surface area contributed by atoms with Gasteiger partial charge in [-0.2, -0.15) is 0 Å². The second-order valence-electron chi connectivity index (χ2n) is 6.96. The van der Waals surface area contributed by atoms with E-state index >= 15 is 0 Å². The molecule has 1 fully saturated rings. The van der Waals surface area contributed by atoms with Gasteiger partial charge in [-0.25, -0.2) is 12.7 Å². The molecule has 1 aliphatic heterocycles. The molecule has 0 aliphatic carbocycles. The molecule has 1 saturated heterocycles. The zero-order valence-corrected chi connectivity index (χ0v) is 17.4. The smallest absolute Gasteiger partial charge is 0.251 e. The second kappa shape index (κ2) is 9.41. The molecule has 1 heterocycles. The summed E-state index contributed by atoms with van der Waals surface area (Å²) >= 11 is 0. The molecule has 1 aliphatic rings. The molecule has 28 heavy (non-hydrogen) atoms. The number of carbonyl (C=O) groups is 1. The molecule has 3 N–H and O–H groups in total. The summed E-state index contributed by atoms with van der Waals surface area (Å²) in [7, 11) is -3.35. The van der Waals surface area contributed by atoms with E-state index in [1.807, 2.05) is 43.3 Å². The number of anilines is 1. The Morgan fingerprint density at radius 2 is 1.79 bits per heavy atom. The number of rotatable bonds is 5. The molecular weight excluding hydrogens is 398 g/mol. The molecule has 0 radical (unpaired) electrons. The molecule has 6 nitrogen and oxygen atoms in total. The van der Waals surface area contributed by atoms with Crippen molar-refractivity contribution in [1.29, 1.82) is 0 Å². The van der Waals surface area contributed by atoms with Crippen molar-refractivity contribution in [2.45, 2.75) is 31.6 Å². The van der Waals surface area contributed by atoms with Gasteiger partial charge in [0.15, 0.2) is 0 Å². The minimum atomic E-state index is -3.35. The predicted octanol–water partition coefficient (Wildman–Crippen LogP) is 2.72. The van der Waals surface area contributed by atoms with Crippen LogP contribution in [-0.4, -0.2) is 37.8 Å². The van der Waals surface area contributed by atoms with E-state index in [-0.39, 0.29) is 30.1 Å². The number of aryl methyl sites for hydroxylation is 1. The lowest BCUT2D eigenvalue weighted by Crippen LogP contribution is -2.46. The van der Waals surface area contributed by atoms with Gasteiger partial charge in [-0.15, -0.1) is 12.4 Å². The first-order chi connectivity index (χ1) is 12.8. The molecule has 1 amide bonds. The molecule has 0 unspecified atom stereocenters. The van der Waals surface area contributed by atoms with E-state index in [0.717, 1.165) is 11.1 Å². The number of carbonyl (C=O) groups excluding carboxylic acids is 1. The summed E-state index contributed by atoms with van der Waals surface area (Å²) in [6.07, 6.45) is 1.20. The van der Waals surface area contributed by atoms with Gasteiger partial charge in [0.05, 0.1) is 5.75 Å². The van der Waals surface area contributed by atoms with E-state index in [4.69, 9.17) is 5.73 Å². The largest absolute Gasteiger partial charge is 0.399 e. The van der Waals surface area contributed by atoms with E-state index in [1.54, 1.807) is 12.1 Å². The van der Waals surface area contributed by atoms with Gasteiger partial charge in [-0.05, 0) is 43.0 Å². The van der Waals surface area contributed by atoms with E-state index in [2.05, 4.69) is 5.32 Å². The topological polar surface area (TPSA) is 92.5 Å². The SMILES string of the molecule is Cc1ccc(N)cc1C(=O)NC1CCN(S(=O)(=O)Cc2ccccc2)CC1.Cl. The maximum absolute atomic E-state index is 12.6. The fourth-order valence-corrected chi connectivity index (χ4v) is 4.87. The summed E-state index contributed by atoms with van der Waals surface area (Å²) in [6.45, 7) is 2.69. The van der Waals surface area contributed by atoms with Crippen LogP contribution < -0.4 is 11.1 Å². The molecule has 2 aromatic rings. The highest BCUT2D eigenvalue weighted by atomic mass is 35.5. The van der Waals surface area contributed by atoms with Crippen molar-refractivity contribution >= 4 is 34.0 Å². The first-order valence-corrected chi connectivity index (χ1v) is 10.6. The van der Waals surface area contributed by atoms with Gasteiger partial charge in [0, 0.05) is 30.4 Å². The normalized spacial score (nSPS) is 15.6. The Morgan fingerprint density at radius 3 is 2.43 bits per heavy atom. The van der Waals surface area contributed by atoms with Gasteiger partial charge in [0.1, 0.15) is 0 Å². The van der Waals surface area contributed by atoms with Crippen LogP contribution in [-0.2, 0) is 15.8 Å². The molecule has 0 atom stereocenters. The van der Waals surface area contributed by atoms with E-state index in [0.29, 0.717) is 37.2 Å². The van der Waals surface area contributed by atoms with Crippen LogP contribution in [0.3, 0.4) is 0 Å². The zero-order chi connectivity index (χ0) is 19.4. The number of amides is 1. The number of nitrogens with one attached hydrogen (secondary N) is 1. The van der Waals surface area contributed by atoms with Crippen molar-refractivity contribution < 1.29 is 13.2 Å². The van der Waals surface area contributed by atoms with Gasteiger partial charge < -0.3 is 11.1 Å². The third-order valence-electron chi connectivity index (χ3n) is 4.88. The Morgan fingerprint density at radius 1 is 1.14 bits per heavy atom. The zero-order valence-electron chi connectivity index (χ0n) is 15.8. The van der Waals surface area contributed by atoms with Crippen LogP contribution in [0.25, 0.3) is 0 Å². The first kappa shape index (κ1) is 22.2. The molecule has 0 saturated carbocycles. The van der Waals surface area contributed by atoms with E-state index < -0.39 is 10.0 Å². The Bertz CT molecular complexity index is 912. The summed E-state index contributed by atoms with van der Waals surface area (Å²) in [5.41, 5.74) is 8.53. The second-order valence-corrected chi connectivity index (χ2v) is 8.93. The van der Waals surface area contributed by atoms with Crippen molar-refractivity contribution in [2.24, 2.45) is 0 Å².